The Morgan fingerprint density at radius 3 is 1.55 bits per heavy atom. The fourth-order valence-corrected chi connectivity index (χ4v) is 5.69. The number of amides is 9. The van der Waals surface area contributed by atoms with E-state index in [1.54, 1.807) is 12.1 Å². The summed E-state index contributed by atoms with van der Waals surface area (Å²) < 4.78 is 0. The van der Waals surface area contributed by atoms with Crippen LogP contribution in [0.15, 0.2) is 89.9 Å². The fourth-order valence-electron chi connectivity index (χ4n) is 5.69. The third-order valence-corrected chi connectivity index (χ3v) is 8.74. The number of guanidine groups is 1. The van der Waals surface area contributed by atoms with E-state index >= 15 is 0 Å². The first-order valence-electron chi connectivity index (χ1n) is 19.6. The Morgan fingerprint density at radius 1 is 0.567 bits per heavy atom. The van der Waals surface area contributed by atoms with Gasteiger partial charge >= 0.3 is 12.1 Å². The summed E-state index contributed by atoms with van der Waals surface area (Å²) in [6.07, 6.45) is 0.616. The predicted octanol–water partition coefficient (Wildman–Crippen LogP) is -0.340. The van der Waals surface area contributed by atoms with Crippen molar-refractivity contribution in [2.24, 2.45) is 22.2 Å². The van der Waals surface area contributed by atoms with Crippen LogP contribution in [-0.2, 0) is 37.1 Å². The van der Waals surface area contributed by atoms with Gasteiger partial charge in [0.2, 0.25) is 29.5 Å². The van der Waals surface area contributed by atoms with Crippen molar-refractivity contribution in [3.63, 3.8) is 0 Å². The fraction of sp³-hybridized carbons (Fsp3) is 0.366. The van der Waals surface area contributed by atoms with Crippen LogP contribution in [0.1, 0.15) is 60.3 Å². The SMILES string of the molecule is NCCC(=O)NCCNC(=O)CCC(=O)NCCNC(=O)NC(N)=NCCCC(NC(=O)C(c1ccccc1)c1ccccc1)C(=O)NCc1ccc(CNC(N)=O)cc1. The maximum atomic E-state index is 13.9. The topological polar surface area (TPSA) is 306 Å². The van der Waals surface area contributed by atoms with Gasteiger partial charge in [0.05, 0.1) is 5.92 Å². The number of hydrogen-bond acceptors (Lipinski definition) is 9. The Morgan fingerprint density at radius 2 is 1.05 bits per heavy atom. The lowest BCUT2D eigenvalue weighted by atomic mass is 9.90. The molecule has 1 unspecified atom stereocenters. The Hall–Kier alpha value is -7.02. The van der Waals surface area contributed by atoms with Crippen LogP contribution in [-0.4, -0.2) is 92.9 Å². The minimum Gasteiger partial charge on any atom is -0.370 e. The highest BCUT2D eigenvalue weighted by Crippen LogP contribution is 2.25. The van der Waals surface area contributed by atoms with Crippen LogP contribution in [0.2, 0.25) is 0 Å². The summed E-state index contributed by atoms with van der Waals surface area (Å²) in [5.41, 5.74) is 19.5. The summed E-state index contributed by atoms with van der Waals surface area (Å²) in [5.74, 6) is -2.55. The Kier molecular flexibility index (Phi) is 21.2. The van der Waals surface area contributed by atoms with Crippen molar-refractivity contribution in [1.82, 2.24) is 42.5 Å². The predicted molar refractivity (Wildman–Crippen MR) is 226 cm³/mol. The molecule has 0 bridgehead atoms. The van der Waals surface area contributed by atoms with E-state index in [-0.39, 0.29) is 108 Å². The van der Waals surface area contributed by atoms with Crippen molar-refractivity contribution in [1.29, 1.82) is 0 Å². The largest absolute Gasteiger partial charge is 0.370 e. The van der Waals surface area contributed by atoms with Crippen LogP contribution < -0.4 is 59.7 Å². The minimum absolute atomic E-state index is 0.0440. The smallest absolute Gasteiger partial charge is 0.321 e. The van der Waals surface area contributed by atoms with Gasteiger partial charge in [-0.25, -0.2) is 9.59 Å². The Balaban J connectivity index is 1.48. The molecule has 60 heavy (non-hydrogen) atoms. The average molecular weight is 829 g/mol. The van der Waals surface area contributed by atoms with E-state index in [1.807, 2.05) is 72.8 Å². The zero-order valence-corrected chi connectivity index (χ0v) is 33.5. The lowest BCUT2D eigenvalue weighted by Crippen LogP contribution is -2.48. The second-order valence-corrected chi connectivity index (χ2v) is 13.4. The van der Waals surface area contributed by atoms with Crippen LogP contribution >= 0.6 is 0 Å². The van der Waals surface area contributed by atoms with E-state index in [1.165, 1.54) is 0 Å². The van der Waals surface area contributed by atoms with E-state index in [4.69, 9.17) is 17.2 Å². The zero-order valence-electron chi connectivity index (χ0n) is 33.5. The molecule has 0 aliphatic heterocycles. The highest BCUT2D eigenvalue weighted by atomic mass is 16.2. The molecule has 3 aromatic rings. The third kappa shape index (κ3) is 18.9. The van der Waals surface area contributed by atoms with E-state index in [0.717, 1.165) is 22.3 Å². The Bertz CT molecular complexity index is 1840. The number of rotatable bonds is 24. The molecule has 9 amide bonds. The molecular formula is C41H56N12O7. The van der Waals surface area contributed by atoms with Crippen molar-refractivity contribution >= 4 is 47.6 Å². The van der Waals surface area contributed by atoms with E-state index in [2.05, 4.69) is 47.5 Å². The molecule has 0 radical (unpaired) electrons. The monoisotopic (exact) mass is 828 g/mol. The molecule has 0 spiro atoms. The quantitative estimate of drug-likeness (QED) is 0.0319. The molecule has 0 saturated carbocycles. The molecule has 0 aliphatic carbocycles. The first-order chi connectivity index (χ1) is 28.9. The van der Waals surface area contributed by atoms with Gasteiger partial charge in [0.1, 0.15) is 6.04 Å². The number of primary amides is 1. The molecule has 1 atom stereocenters. The van der Waals surface area contributed by atoms with Gasteiger partial charge < -0.3 is 54.4 Å². The molecule has 19 nitrogen and oxygen atoms in total. The molecular weight excluding hydrogens is 773 g/mol. The summed E-state index contributed by atoms with van der Waals surface area (Å²) in [6, 6.07) is 23.5. The molecule has 322 valence electrons. The summed E-state index contributed by atoms with van der Waals surface area (Å²) in [7, 11) is 0. The van der Waals surface area contributed by atoms with Gasteiger partial charge in [0, 0.05) is 71.6 Å². The van der Waals surface area contributed by atoms with Gasteiger partial charge in [0.15, 0.2) is 5.96 Å². The lowest BCUT2D eigenvalue weighted by molar-refractivity contribution is -0.129. The van der Waals surface area contributed by atoms with Crippen molar-refractivity contribution < 1.29 is 33.6 Å². The second kappa shape index (κ2) is 26.8. The molecule has 0 heterocycles. The first kappa shape index (κ1) is 47.4. The van der Waals surface area contributed by atoms with Crippen LogP contribution in [0.25, 0.3) is 0 Å². The van der Waals surface area contributed by atoms with Crippen LogP contribution in [0.4, 0.5) is 9.59 Å². The number of aliphatic imine (C=N–C) groups is 1. The van der Waals surface area contributed by atoms with Gasteiger partial charge in [-0.15, -0.1) is 0 Å². The normalized spacial score (nSPS) is 11.4. The number of nitrogens with zero attached hydrogens (tertiary/aromatic N) is 1. The number of urea groups is 2. The molecule has 0 aliphatic rings. The summed E-state index contributed by atoms with van der Waals surface area (Å²) in [4.78, 5) is 90.5. The van der Waals surface area contributed by atoms with Gasteiger partial charge in [-0.05, 0) is 35.1 Å². The number of carbonyl (C=O) groups is 7. The van der Waals surface area contributed by atoms with E-state index < -0.39 is 29.9 Å². The minimum atomic E-state index is -0.940. The highest BCUT2D eigenvalue weighted by molar-refractivity contribution is 5.95. The number of nitrogens with one attached hydrogen (secondary N) is 8. The summed E-state index contributed by atoms with van der Waals surface area (Å²) in [5, 5.41) is 21.1. The van der Waals surface area contributed by atoms with Crippen LogP contribution in [0.3, 0.4) is 0 Å². The van der Waals surface area contributed by atoms with E-state index in [0.29, 0.717) is 6.42 Å². The average Bonchev–Trinajstić information content (AvgIpc) is 3.24. The summed E-state index contributed by atoms with van der Waals surface area (Å²) in [6.45, 7) is 1.45. The molecule has 19 heteroatoms. The maximum Gasteiger partial charge on any atom is 0.321 e. The van der Waals surface area contributed by atoms with Crippen molar-refractivity contribution in [2.45, 2.75) is 57.2 Å². The number of carbonyl (C=O) groups excluding carboxylic acids is 7. The maximum absolute atomic E-state index is 13.9. The van der Waals surface area contributed by atoms with Crippen LogP contribution in [0.5, 0.6) is 0 Å². The highest BCUT2D eigenvalue weighted by Gasteiger charge is 2.28. The van der Waals surface area contributed by atoms with Crippen molar-refractivity contribution in [3.05, 3.63) is 107 Å². The lowest BCUT2D eigenvalue weighted by Gasteiger charge is -2.23. The standard InChI is InChI=1S/C41H56N12O7/c42-20-19-35(56)47-23-22-45-33(54)17-18-34(55)46-24-25-49-41(60)53-39(43)48-21-7-12-32(37(57)50-26-28-13-15-29(16-14-28)27-51-40(44)59)52-38(58)36(30-8-3-1-4-9-30)31-10-5-2-6-11-31/h1-6,8-11,13-16,32,36H,7,12,17-27,42H2,(H,45,54)(H,46,55)(H,47,56)(H,50,57)(H,52,58)(H3,44,51,59)(H4,43,48,49,53,60). The summed E-state index contributed by atoms with van der Waals surface area (Å²) >= 11 is 0. The van der Waals surface area contributed by atoms with Gasteiger partial charge in [-0.3, -0.25) is 34.3 Å². The number of benzene rings is 3. The molecule has 0 saturated heterocycles. The second-order valence-electron chi connectivity index (χ2n) is 13.4. The first-order valence-corrected chi connectivity index (χ1v) is 19.6. The van der Waals surface area contributed by atoms with Gasteiger partial charge in [0.25, 0.3) is 0 Å². The Labute approximate surface area is 348 Å². The number of hydrogen-bond donors (Lipinski definition) is 11. The molecule has 0 fully saturated rings. The van der Waals surface area contributed by atoms with Crippen molar-refractivity contribution in [3.8, 4) is 0 Å². The zero-order chi connectivity index (χ0) is 43.5. The molecule has 3 aromatic carbocycles. The van der Waals surface area contributed by atoms with Gasteiger partial charge in [-0.1, -0.05) is 84.9 Å². The van der Waals surface area contributed by atoms with Crippen LogP contribution in [0, 0.1) is 0 Å². The molecule has 14 N–H and O–H groups in total. The number of nitrogens with two attached hydrogens (primary N) is 3. The van der Waals surface area contributed by atoms with Crippen molar-refractivity contribution in [2.75, 3.05) is 39.3 Å². The molecule has 0 aromatic heterocycles. The molecule has 3 rings (SSSR count). The van der Waals surface area contributed by atoms with Gasteiger partial charge in [-0.2, -0.15) is 0 Å². The van der Waals surface area contributed by atoms with E-state index in [9.17, 15) is 33.6 Å². The third-order valence-electron chi connectivity index (χ3n) is 8.74.